The molecule has 0 aromatic heterocycles. The molecule has 4 nitrogen and oxygen atoms in total. The molecule has 0 spiro atoms. The van der Waals surface area contributed by atoms with Crippen molar-refractivity contribution in [3.63, 3.8) is 0 Å². The van der Waals surface area contributed by atoms with Crippen LogP contribution in [0, 0.1) is 5.41 Å². The molecule has 1 unspecified atom stereocenters. The van der Waals surface area contributed by atoms with Gasteiger partial charge in [-0.25, -0.2) is 4.79 Å². The van der Waals surface area contributed by atoms with E-state index in [4.69, 9.17) is 0 Å². The number of alkyl halides is 1. The zero-order chi connectivity index (χ0) is 13.6. The first kappa shape index (κ1) is 15.8. The van der Waals surface area contributed by atoms with E-state index in [-0.39, 0.29) is 12.1 Å². The summed E-state index contributed by atoms with van der Waals surface area (Å²) in [7, 11) is 1.41. The Kier molecular flexibility index (Phi) is 6.43. The Morgan fingerprint density at radius 2 is 2.17 bits per heavy atom. The fraction of sp³-hybridized carbons (Fsp3) is 0.923. The molecular weight excluding hydrogens is 296 g/mol. The van der Waals surface area contributed by atoms with Gasteiger partial charge in [-0.15, -0.1) is 0 Å². The normalized spacial score (nSPS) is 21.0. The van der Waals surface area contributed by atoms with Crippen molar-refractivity contribution in [3.05, 3.63) is 0 Å². The van der Waals surface area contributed by atoms with Gasteiger partial charge in [-0.1, -0.05) is 29.8 Å². The van der Waals surface area contributed by atoms with E-state index in [1.165, 1.54) is 20.0 Å². The molecule has 1 aliphatic heterocycles. The lowest BCUT2D eigenvalue weighted by molar-refractivity contribution is 0.162. The molecule has 5 heteroatoms. The molecule has 1 heterocycles. The molecule has 1 fully saturated rings. The average Bonchev–Trinajstić information content (AvgIpc) is 2.83. The first-order chi connectivity index (χ1) is 8.59. The molecule has 18 heavy (non-hydrogen) atoms. The van der Waals surface area contributed by atoms with Gasteiger partial charge in [0.1, 0.15) is 0 Å². The second kappa shape index (κ2) is 7.34. The number of amides is 1. The average molecular weight is 321 g/mol. The van der Waals surface area contributed by atoms with E-state index in [2.05, 4.69) is 44.7 Å². The number of carbonyl (C=O) groups is 1. The minimum Gasteiger partial charge on any atom is -0.453 e. The Bertz CT molecular complexity index is 261. The highest BCUT2D eigenvalue weighted by molar-refractivity contribution is 9.09. The summed E-state index contributed by atoms with van der Waals surface area (Å²) in [5.74, 6) is 0. The maximum atomic E-state index is 11.2. The number of methoxy groups -OCH3 is 1. The van der Waals surface area contributed by atoms with Crippen LogP contribution in [0.5, 0.6) is 0 Å². The largest absolute Gasteiger partial charge is 0.453 e. The molecule has 1 rings (SSSR count). The van der Waals surface area contributed by atoms with Gasteiger partial charge in [0.05, 0.1) is 7.11 Å². The topological polar surface area (TPSA) is 41.6 Å². The fourth-order valence-electron chi connectivity index (χ4n) is 2.50. The number of ether oxygens (including phenoxy) is 1. The van der Waals surface area contributed by atoms with Crippen LogP contribution in [0.15, 0.2) is 0 Å². The number of hydrogen-bond acceptors (Lipinski definition) is 3. The van der Waals surface area contributed by atoms with Gasteiger partial charge in [-0.05, 0) is 24.7 Å². The van der Waals surface area contributed by atoms with Crippen LogP contribution in [-0.2, 0) is 4.74 Å². The predicted molar refractivity (Wildman–Crippen MR) is 77.2 cm³/mol. The van der Waals surface area contributed by atoms with Crippen LogP contribution in [0.4, 0.5) is 4.79 Å². The van der Waals surface area contributed by atoms with Crippen molar-refractivity contribution in [1.29, 1.82) is 0 Å². The van der Waals surface area contributed by atoms with Crippen LogP contribution in [0.1, 0.15) is 33.1 Å². The summed E-state index contributed by atoms with van der Waals surface area (Å²) in [6.07, 6.45) is 3.06. The van der Waals surface area contributed by atoms with Crippen molar-refractivity contribution in [3.8, 4) is 0 Å². The van der Waals surface area contributed by atoms with Crippen LogP contribution in [0.25, 0.3) is 0 Å². The third kappa shape index (κ3) is 4.12. The molecule has 0 aromatic carbocycles. The fourth-order valence-corrected chi connectivity index (χ4v) is 3.47. The first-order valence-corrected chi connectivity index (χ1v) is 7.84. The van der Waals surface area contributed by atoms with Gasteiger partial charge in [-0.2, -0.15) is 0 Å². The lowest BCUT2D eigenvalue weighted by atomic mass is 9.84. The SMILES string of the molecule is CCC(CC)(CBr)CN1CCC(NC(=O)OC)C1. The van der Waals surface area contributed by atoms with Gasteiger partial charge in [-0.3, -0.25) is 0 Å². The maximum absolute atomic E-state index is 11.2. The van der Waals surface area contributed by atoms with Crippen molar-refractivity contribution < 1.29 is 9.53 Å². The third-order valence-electron chi connectivity index (χ3n) is 4.12. The number of carbonyl (C=O) groups excluding carboxylic acids is 1. The Morgan fingerprint density at radius 3 is 2.67 bits per heavy atom. The van der Waals surface area contributed by atoms with Crippen molar-refractivity contribution in [2.24, 2.45) is 5.41 Å². The van der Waals surface area contributed by atoms with Crippen molar-refractivity contribution in [2.45, 2.75) is 39.2 Å². The number of rotatable bonds is 6. The van der Waals surface area contributed by atoms with E-state index in [1.54, 1.807) is 0 Å². The number of hydrogen-bond donors (Lipinski definition) is 1. The highest BCUT2D eigenvalue weighted by atomic mass is 79.9. The number of nitrogens with one attached hydrogen (secondary N) is 1. The molecule has 0 bridgehead atoms. The predicted octanol–water partition coefficient (Wildman–Crippen LogP) is 2.62. The smallest absolute Gasteiger partial charge is 0.407 e. The molecule has 1 amide bonds. The Balaban J connectivity index is 2.44. The summed E-state index contributed by atoms with van der Waals surface area (Å²) in [6, 6.07) is 0.235. The van der Waals surface area contributed by atoms with E-state index < -0.39 is 0 Å². The summed E-state index contributed by atoms with van der Waals surface area (Å²) >= 11 is 3.65. The van der Waals surface area contributed by atoms with Crippen molar-refractivity contribution in [2.75, 3.05) is 32.1 Å². The summed E-state index contributed by atoms with van der Waals surface area (Å²) in [4.78, 5) is 13.6. The molecular formula is C13H25BrN2O2. The zero-order valence-corrected chi connectivity index (χ0v) is 13.3. The Hall–Kier alpha value is -0.290. The summed E-state index contributed by atoms with van der Waals surface area (Å²) in [5.41, 5.74) is 0.361. The molecule has 0 saturated carbocycles. The van der Waals surface area contributed by atoms with E-state index in [0.29, 0.717) is 5.41 Å². The summed E-state index contributed by atoms with van der Waals surface area (Å²) in [6.45, 7) is 7.61. The highest BCUT2D eigenvalue weighted by Crippen LogP contribution is 2.31. The summed E-state index contributed by atoms with van der Waals surface area (Å²) in [5, 5.41) is 3.92. The molecule has 1 saturated heterocycles. The monoisotopic (exact) mass is 320 g/mol. The minimum absolute atomic E-state index is 0.235. The van der Waals surface area contributed by atoms with E-state index in [0.717, 1.165) is 31.4 Å². The van der Waals surface area contributed by atoms with Gasteiger partial charge < -0.3 is 15.0 Å². The Morgan fingerprint density at radius 1 is 1.50 bits per heavy atom. The van der Waals surface area contributed by atoms with Gasteiger partial charge >= 0.3 is 6.09 Å². The number of nitrogens with zero attached hydrogens (tertiary/aromatic N) is 1. The molecule has 1 N–H and O–H groups in total. The van der Waals surface area contributed by atoms with Crippen LogP contribution < -0.4 is 5.32 Å². The highest BCUT2D eigenvalue weighted by Gasteiger charge is 2.32. The first-order valence-electron chi connectivity index (χ1n) is 6.72. The lowest BCUT2D eigenvalue weighted by Gasteiger charge is -2.34. The lowest BCUT2D eigenvalue weighted by Crippen LogP contribution is -2.40. The quantitative estimate of drug-likeness (QED) is 0.765. The van der Waals surface area contributed by atoms with Gasteiger partial charge in [0.15, 0.2) is 0 Å². The van der Waals surface area contributed by atoms with Gasteiger partial charge in [0.25, 0.3) is 0 Å². The van der Waals surface area contributed by atoms with E-state index >= 15 is 0 Å². The molecule has 1 atom stereocenters. The van der Waals surface area contributed by atoms with E-state index in [1.807, 2.05) is 0 Å². The molecule has 106 valence electrons. The second-order valence-electron chi connectivity index (χ2n) is 5.20. The number of halogens is 1. The summed E-state index contributed by atoms with van der Waals surface area (Å²) < 4.78 is 4.64. The van der Waals surface area contributed by atoms with Crippen LogP contribution in [0.2, 0.25) is 0 Å². The van der Waals surface area contributed by atoms with Crippen LogP contribution >= 0.6 is 15.9 Å². The standard InChI is InChI=1S/C13H25BrN2O2/c1-4-13(5-2,9-14)10-16-7-6-11(8-16)15-12(17)18-3/h11H,4-10H2,1-3H3,(H,15,17). The molecule has 0 aromatic rings. The second-order valence-corrected chi connectivity index (χ2v) is 5.76. The molecule has 0 radical (unpaired) electrons. The molecule has 1 aliphatic rings. The van der Waals surface area contributed by atoms with E-state index in [9.17, 15) is 4.79 Å². The number of likely N-dealkylation sites (tertiary alicyclic amines) is 1. The Labute approximate surface area is 119 Å². The maximum Gasteiger partial charge on any atom is 0.407 e. The minimum atomic E-state index is -0.320. The molecule has 0 aliphatic carbocycles. The van der Waals surface area contributed by atoms with Crippen LogP contribution in [0.3, 0.4) is 0 Å². The van der Waals surface area contributed by atoms with Gasteiger partial charge in [0, 0.05) is 31.0 Å². The van der Waals surface area contributed by atoms with Gasteiger partial charge in [0.2, 0.25) is 0 Å². The number of alkyl carbamates (subject to hydrolysis) is 1. The third-order valence-corrected chi connectivity index (χ3v) is 5.31. The zero-order valence-electron chi connectivity index (χ0n) is 11.7. The van der Waals surface area contributed by atoms with Crippen molar-refractivity contribution >= 4 is 22.0 Å². The van der Waals surface area contributed by atoms with Crippen LogP contribution in [-0.4, -0.2) is 49.1 Å². The van der Waals surface area contributed by atoms with Crippen molar-refractivity contribution in [1.82, 2.24) is 10.2 Å².